The molecule has 0 bridgehead atoms. The van der Waals surface area contributed by atoms with Crippen molar-refractivity contribution in [3.05, 3.63) is 81.0 Å². The number of rotatable bonds is 7. The third-order valence-corrected chi connectivity index (χ3v) is 6.22. The lowest BCUT2D eigenvalue weighted by atomic mass is 9.81. The number of halogens is 1. The van der Waals surface area contributed by atoms with Gasteiger partial charge in [0.05, 0.1) is 35.5 Å². The number of ketones is 1. The van der Waals surface area contributed by atoms with Gasteiger partial charge in [0.2, 0.25) is 5.91 Å². The van der Waals surface area contributed by atoms with Crippen molar-refractivity contribution >= 4 is 40.7 Å². The Labute approximate surface area is 196 Å². The van der Waals surface area contributed by atoms with Crippen LogP contribution in [0.25, 0.3) is 0 Å². The number of benzene rings is 2. The zero-order chi connectivity index (χ0) is 23.3. The van der Waals surface area contributed by atoms with E-state index in [2.05, 4.69) is 16.7 Å². The number of Topliss-reactive ketones (excluding diaryl/α,β-unsaturated/α-hetero) is 1. The second-order valence-electron chi connectivity index (χ2n) is 7.12. The van der Waals surface area contributed by atoms with Crippen LogP contribution in [0.1, 0.15) is 25.3 Å². The highest BCUT2D eigenvalue weighted by atomic mass is 35.5. The minimum atomic E-state index is -0.525. The van der Waals surface area contributed by atoms with E-state index < -0.39 is 5.92 Å². The molecule has 0 fully saturated rings. The van der Waals surface area contributed by atoms with E-state index in [0.29, 0.717) is 38.3 Å². The van der Waals surface area contributed by atoms with Gasteiger partial charge in [0.15, 0.2) is 5.78 Å². The van der Waals surface area contributed by atoms with Gasteiger partial charge in [-0.3, -0.25) is 9.59 Å². The van der Waals surface area contributed by atoms with E-state index in [1.807, 2.05) is 12.1 Å². The summed E-state index contributed by atoms with van der Waals surface area (Å²) in [6, 6.07) is 16.3. The fraction of sp³-hybridized carbons (Fsp3) is 0.208. The number of methoxy groups -OCH3 is 1. The quantitative estimate of drug-likeness (QED) is 0.595. The number of dihydropyridines is 1. The van der Waals surface area contributed by atoms with Gasteiger partial charge in [0.1, 0.15) is 5.75 Å². The predicted molar refractivity (Wildman–Crippen MR) is 127 cm³/mol. The van der Waals surface area contributed by atoms with Crippen LogP contribution >= 0.6 is 23.4 Å². The second kappa shape index (κ2) is 10.4. The van der Waals surface area contributed by atoms with Gasteiger partial charge in [-0.1, -0.05) is 35.5 Å². The minimum Gasteiger partial charge on any atom is -0.497 e. The summed E-state index contributed by atoms with van der Waals surface area (Å²) in [6.45, 7) is 3.28. The summed E-state index contributed by atoms with van der Waals surface area (Å²) in [5.41, 5.74) is 3.02. The highest BCUT2D eigenvalue weighted by Crippen LogP contribution is 2.41. The number of nitrogens with zero attached hydrogens (tertiary/aromatic N) is 1. The number of hydrogen-bond acceptors (Lipinski definition) is 6. The maximum absolute atomic E-state index is 12.5. The number of nitrogens with one attached hydrogen (secondary N) is 2. The smallest absolute Gasteiger partial charge is 0.234 e. The molecule has 0 saturated heterocycles. The highest BCUT2D eigenvalue weighted by molar-refractivity contribution is 8.03. The van der Waals surface area contributed by atoms with Crippen LogP contribution in [0.15, 0.2) is 70.4 Å². The number of allylic oxidation sites excluding steroid dienone is 3. The molecule has 0 radical (unpaired) electrons. The Hall–Kier alpha value is -3.21. The van der Waals surface area contributed by atoms with Gasteiger partial charge < -0.3 is 15.4 Å². The lowest BCUT2D eigenvalue weighted by Crippen LogP contribution is -2.27. The summed E-state index contributed by atoms with van der Waals surface area (Å²) in [6.07, 6.45) is 0. The molecular weight excluding hydrogens is 446 g/mol. The van der Waals surface area contributed by atoms with E-state index in [1.165, 1.54) is 18.7 Å². The fourth-order valence-electron chi connectivity index (χ4n) is 3.49. The number of nitriles is 1. The highest BCUT2D eigenvalue weighted by Gasteiger charge is 2.33. The molecule has 3 rings (SSSR count). The molecule has 0 saturated carbocycles. The molecule has 8 heteroatoms. The van der Waals surface area contributed by atoms with Crippen LogP contribution in [-0.2, 0) is 9.59 Å². The number of hydrogen-bond donors (Lipinski definition) is 2. The molecule has 2 N–H and O–H groups in total. The van der Waals surface area contributed by atoms with Crippen molar-refractivity contribution in [2.45, 2.75) is 19.8 Å². The average molecular weight is 468 g/mol. The van der Waals surface area contributed by atoms with Gasteiger partial charge in [0.25, 0.3) is 0 Å². The first-order valence-corrected chi connectivity index (χ1v) is 11.2. The van der Waals surface area contributed by atoms with E-state index in [4.69, 9.17) is 16.3 Å². The molecule has 1 heterocycles. The standard InChI is InChI=1S/C24H22ClN3O3S/c1-14-22(15(2)29)23(16-4-6-17(25)7-5-16)20(12-26)24(27-14)32-13-21(30)28-18-8-10-19(31-3)11-9-18/h4-11,23,27H,13H2,1-3H3,(H,28,30)/t23-/m0/s1. The summed E-state index contributed by atoms with van der Waals surface area (Å²) in [7, 11) is 1.58. The van der Waals surface area contributed by atoms with E-state index in [0.717, 1.165) is 5.56 Å². The molecular formula is C24H22ClN3O3S. The summed E-state index contributed by atoms with van der Waals surface area (Å²) in [5.74, 6) is -0.0689. The predicted octanol–water partition coefficient (Wildman–Crippen LogP) is 5.01. The number of carbonyl (C=O) groups excluding carboxylic acids is 2. The minimum absolute atomic E-state index is 0.0928. The topological polar surface area (TPSA) is 91.2 Å². The Morgan fingerprint density at radius 2 is 1.84 bits per heavy atom. The number of thioether (sulfide) groups is 1. The Morgan fingerprint density at radius 1 is 1.19 bits per heavy atom. The molecule has 1 amide bonds. The van der Waals surface area contributed by atoms with Crippen molar-refractivity contribution in [3.8, 4) is 11.8 Å². The van der Waals surface area contributed by atoms with Crippen molar-refractivity contribution in [2.75, 3.05) is 18.2 Å². The molecule has 1 aliphatic heterocycles. The molecule has 0 aliphatic carbocycles. The number of amides is 1. The normalized spacial score (nSPS) is 15.7. The number of anilines is 1. The Bertz CT molecular complexity index is 1130. The lowest BCUT2D eigenvalue weighted by Gasteiger charge is -2.29. The fourth-order valence-corrected chi connectivity index (χ4v) is 4.51. The van der Waals surface area contributed by atoms with Crippen LogP contribution in [0.4, 0.5) is 5.69 Å². The van der Waals surface area contributed by atoms with Gasteiger partial charge >= 0.3 is 0 Å². The maximum atomic E-state index is 12.5. The van der Waals surface area contributed by atoms with Gasteiger partial charge in [-0.25, -0.2) is 0 Å². The lowest BCUT2D eigenvalue weighted by molar-refractivity contribution is -0.114. The third kappa shape index (κ3) is 5.34. The van der Waals surface area contributed by atoms with Crippen molar-refractivity contribution in [2.24, 2.45) is 0 Å². The first-order chi connectivity index (χ1) is 15.3. The summed E-state index contributed by atoms with van der Waals surface area (Å²) >= 11 is 7.24. The van der Waals surface area contributed by atoms with Crippen LogP contribution in [0.5, 0.6) is 5.75 Å². The zero-order valence-corrected chi connectivity index (χ0v) is 19.4. The first kappa shape index (κ1) is 23.5. The van der Waals surface area contributed by atoms with Crippen molar-refractivity contribution < 1.29 is 14.3 Å². The van der Waals surface area contributed by atoms with Crippen LogP contribution in [0, 0.1) is 11.3 Å². The van der Waals surface area contributed by atoms with Crippen LogP contribution in [-0.4, -0.2) is 24.6 Å². The second-order valence-corrected chi connectivity index (χ2v) is 8.55. The molecule has 164 valence electrons. The van der Waals surface area contributed by atoms with Crippen LogP contribution < -0.4 is 15.4 Å². The SMILES string of the molecule is COc1ccc(NC(=O)CSC2=C(C#N)[C@H](c3ccc(Cl)cc3)C(C(C)=O)=C(C)N2)cc1. The molecule has 0 spiro atoms. The molecule has 0 unspecified atom stereocenters. The molecule has 0 aromatic heterocycles. The summed E-state index contributed by atoms with van der Waals surface area (Å²) < 4.78 is 5.12. The van der Waals surface area contributed by atoms with E-state index in [1.54, 1.807) is 50.4 Å². The van der Waals surface area contributed by atoms with E-state index in [9.17, 15) is 14.9 Å². The Kier molecular flexibility index (Phi) is 7.62. The molecule has 2 aromatic carbocycles. The number of ether oxygens (including phenoxy) is 1. The largest absolute Gasteiger partial charge is 0.497 e. The monoisotopic (exact) mass is 467 g/mol. The van der Waals surface area contributed by atoms with Gasteiger partial charge in [-0.2, -0.15) is 5.26 Å². The van der Waals surface area contributed by atoms with Crippen molar-refractivity contribution in [1.29, 1.82) is 5.26 Å². The maximum Gasteiger partial charge on any atom is 0.234 e. The van der Waals surface area contributed by atoms with Gasteiger partial charge in [-0.05, 0) is 55.8 Å². The Balaban J connectivity index is 1.83. The molecule has 1 atom stereocenters. The summed E-state index contributed by atoms with van der Waals surface area (Å²) in [5, 5.41) is 17.0. The number of carbonyl (C=O) groups is 2. The van der Waals surface area contributed by atoms with Gasteiger partial charge in [-0.15, -0.1) is 0 Å². The van der Waals surface area contributed by atoms with Crippen LogP contribution in [0.2, 0.25) is 5.02 Å². The Morgan fingerprint density at radius 3 is 2.41 bits per heavy atom. The van der Waals surface area contributed by atoms with Gasteiger partial charge in [0, 0.05) is 22.0 Å². The van der Waals surface area contributed by atoms with Crippen LogP contribution in [0.3, 0.4) is 0 Å². The molecule has 6 nitrogen and oxygen atoms in total. The van der Waals surface area contributed by atoms with Crippen molar-refractivity contribution in [3.63, 3.8) is 0 Å². The third-order valence-electron chi connectivity index (χ3n) is 4.95. The van der Waals surface area contributed by atoms with E-state index >= 15 is 0 Å². The molecule has 32 heavy (non-hydrogen) atoms. The first-order valence-electron chi connectivity index (χ1n) is 9.79. The average Bonchev–Trinajstić information content (AvgIpc) is 2.78. The van der Waals surface area contributed by atoms with Crippen molar-refractivity contribution in [1.82, 2.24) is 5.32 Å². The molecule has 1 aliphatic rings. The molecule has 2 aromatic rings. The summed E-state index contributed by atoms with van der Waals surface area (Å²) in [4.78, 5) is 24.9. The van der Waals surface area contributed by atoms with E-state index in [-0.39, 0.29) is 17.4 Å². The zero-order valence-electron chi connectivity index (χ0n) is 17.9.